The Morgan fingerprint density at radius 3 is 2.38 bits per heavy atom. The Hall–Kier alpha value is -1.25. The molecule has 0 aromatic heterocycles. The highest BCUT2D eigenvalue weighted by Crippen LogP contribution is 2.24. The van der Waals surface area contributed by atoms with Crippen LogP contribution in [-0.2, 0) is 6.42 Å². The first kappa shape index (κ1) is 12.8. The lowest BCUT2D eigenvalue weighted by atomic mass is 9.91. The topological polar surface area (TPSA) is 17.1 Å². The molecule has 0 unspecified atom stereocenters. The van der Waals surface area contributed by atoms with Crippen molar-refractivity contribution in [1.82, 2.24) is 0 Å². The van der Waals surface area contributed by atoms with E-state index < -0.39 is 11.6 Å². The van der Waals surface area contributed by atoms with Crippen LogP contribution in [0.25, 0.3) is 0 Å². The van der Waals surface area contributed by atoms with Gasteiger partial charge in [0, 0.05) is 11.5 Å². The average Bonchev–Trinajstić information content (AvgIpc) is 2.24. The fourth-order valence-electron chi connectivity index (χ4n) is 1.73. The van der Waals surface area contributed by atoms with Crippen LogP contribution in [0.15, 0.2) is 6.07 Å². The molecule has 0 bridgehead atoms. The largest absolute Gasteiger partial charge is 0.294 e. The Morgan fingerprint density at radius 2 is 1.94 bits per heavy atom. The summed E-state index contributed by atoms with van der Waals surface area (Å²) in [6.45, 7) is 6.78. The maximum Gasteiger partial charge on any atom is 0.166 e. The molecule has 1 aromatic carbocycles. The number of Topliss-reactive ketones (excluding diaryl/α,β-unsaturated/α-hetero) is 1. The van der Waals surface area contributed by atoms with Gasteiger partial charge in [0.25, 0.3) is 0 Å². The molecule has 3 heteroatoms. The van der Waals surface area contributed by atoms with E-state index in [1.807, 2.05) is 6.92 Å². The van der Waals surface area contributed by atoms with E-state index in [1.165, 1.54) is 6.92 Å². The molecule has 1 aromatic rings. The number of carbonyl (C=O) groups excluding carboxylic acids is 1. The predicted molar refractivity (Wildman–Crippen MR) is 59.6 cm³/mol. The second kappa shape index (κ2) is 4.73. The zero-order valence-corrected chi connectivity index (χ0v) is 10.0. The van der Waals surface area contributed by atoms with E-state index in [4.69, 9.17) is 0 Å². The fraction of sp³-hybridized carbons (Fsp3) is 0.462. The van der Waals surface area contributed by atoms with Crippen molar-refractivity contribution in [2.75, 3.05) is 0 Å². The van der Waals surface area contributed by atoms with Crippen LogP contribution in [0.3, 0.4) is 0 Å². The lowest BCUT2D eigenvalue weighted by Gasteiger charge is -2.13. The Morgan fingerprint density at radius 1 is 1.38 bits per heavy atom. The van der Waals surface area contributed by atoms with Crippen molar-refractivity contribution in [3.63, 3.8) is 0 Å². The minimum atomic E-state index is -0.916. The molecule has 88 valence electrons. The quantitative estimate of drug-likeness (QED) is 0.718. The van der Waals surface area contributed by atoms with Crippen molar-refractivity contribution in [2.24, 2.45) is 5.92 Å². The summed E-state index contributed by atoms with van der Waals surface area (Å²) < 4.78 is 26.6. The second-order valence-corrected chi connectivity index (χ2v) is 4.20. The molecule has 1 rings (SSSR count). The molecule has 0 aliphatic rings. The summed E-state index contributed by atoms with van der Waals surface area (Å²) in [6.07, 6.45) is 0.520. The number of halogens is 2. The molecule has 0 atom stereocenters. The Balaban J connectivity index is 3.47. The lowest BCUT2D eigenvalue weighted by Crippen LogP contribution is -2.14. The summed E-state index contributed by atoms with van der Waals surface area (Å²) in [6, 6.07) is 1.12. The molecular weight excluding hydrogens is 210 g/mol. The standard InChI is InChI=1S/C13H16F2O/c1-5-9-6-10(14)12(15)8(4)11(9)13(16)7(2)3/h6-7H,5H2,1-4H3. The zero-order chi connectivity index (χ0) is 12.5. The molecule has 0 saturated carbocycles. The first-order chi connectivity index (χ1) is 7.40. The van der Waals surface area contributed by atoms with E-state index in [0.29, 0.717) is 17.5 Å². The Kier molecular flexibility index (Phi) is 3.79. The van der Waals surface area contributed by atoms with E-state index in [2.05, 4.69) is 0 Å². The van der Waals surface area contributed by atoms with Crippen molar-refractivity contribution in [1.29, 1.82) is 0 Å². The first-order valence-corrected chi connectivity index (χ1v) is 5.41. The molecule has 0 radical (unpaired) electrons. The van der Waals surface area contributed by atoms with Crippen LogP contribution < -0.4 is 0 Å². The van der Waals surface area contributed by atoms with E-state index in [-0.39, 0.29) is 17.3 Å². The minimum absolute atomic E-state index is 0.121. The summed E-state index contributed by atoms with van der Waals surface area (Å²) in [5.74, 6) is -2.14. The lowest BCUT2D eigenvalue weighted by molar-refractivity contribution is 0.0937. The molecule has 0 N–H and O–H groups in total. The van der Waals surface area contributed by atoms with Gasteiger partial charge in [0.05, 0.1) is 0 Å². The number of hydrogen-bond donors (Lipinski definition) is 0. The number of aryl methyl sites for hydroxylation is 1. The predicted octanol–water partition coefficient (Wildman–Crippen LogP) is 3.67. The normalized spacial score (nSPS) is 10.9. The van der Waals surface area contributed by atoms with Crippen molar-refractivity contribution in [2.45, 2.75) is 34.1 Å². The van der Waals surface area contributed by atoms with Gasteiger partial charge in [-0.05, 0) is 30.5 Å². The monoisotopic (exact) mass is 226 g/mol. The summed E-state index contributed by atoms with van der Waals surface area (Å²) in [5, 5.41) is 0. The van der Waals surface area contributed by atoms with Crippen molar-refractivity contribution in [3.8, 4) is 0 Å². The van der Waals surface area contributed by atoms with E-state index >= 15 is 0 Å². The van der Waals surface area contributed by atoms with E-state index in [9.17, 15) is 13.6 Å². The van der Waals surface area contributed by atoms with Crippen LogP contribution in [0, 0.1) is 24.5 Å². The Bertz CT molecular complexity index is 422. The van der Waals surface area contributed by atoms with Gasteiger partial charge in [0.1, 0.15) is 0 Å². The fourth-order valence-corrected chi connectivity index (χ4v) is 1.73. The molecule has 0 heterocycles. The number of carbonyl (C=O) groups is 1. The van der Waals surface area contributed by atoms with Crippen LogP contribution >= 0.6 is 0 Å². The smallest absolute Gasteiger partial charge is 0.166 e. The van der Waals surface area contributed by atoms with E-state index in [1.54, 1.807) is 13.8 Å². The maximum atomic E-state index is 13.4. The van der Waals surface area contributed by atoms with Crippen LogP contribution in [0.1, 0.15) is 42.3 Å². The molecule has 0 spiro atoms. The minimum Gasteiger partial charge on any atom is -0.294 e. The van der Waals surface area contributed by atoms with Gasteiger partial charge in [-0.3, -0.25) is 4.79 Å². The average molecular weight is 226 g/mol. The van der Waals surface area contributed by atoms with Gasteiger partial charge in [-0.2, -0.15) is 0 Å². The second-order valence-electron chi connectivity index (χ2n) is 4.20. The number of ketones is 1. The van der Waals surface area contributed by atoms with Crippen molar-refractivity contribution >= 4 is 5.78 Å². The van der Waals surface area contributed by atoms with Gasteiger partial charge in [0.2, 0.25) is 0 Å². The highest BCUT2D eigenvalue weighted by Gasteiger charge is 2.21. The van der Waals surface area contributed by atoms with Gasteiger partial charge in [-0.1, -0.05) is 20.8 Å². The van der Waals surface area contributed by atoms with Gasteiger partial charge >= 0.3 is 0 Å². The third kappa shape index (κ3) is 2.13. The third-order valence-corrected chi connectivity index (χ3v) is 2.69. The zero-order valence-electron chi connectivity index (χ0n) is 10.0. The van der Waals surface area contributed by atoms with Gasteiger partial charge in [-0.25, -0.2) is 8.78 Å². The molecule has 16 heavy (non-hydrogen) atoms. The SMILES string of the molecule is CCc1cc(F)c(F)c(C)c1C(=O)C(C)C. The first-order valence-electron chi connectivity index (χ1n) is 5.41. The molecule has 0 saturated heterocycles. The van der Waals surface area contributed by atoms with Crippen LogP contribution in [0.2, 0.25) is 0 Å². The van der Waals surface area contributed by atoms with Crippen LogP contribution in [0.5, 0.6) is 0 Å². The van der Waals surface area contributed by atoms with Crippen molar-refractivity contribution in [3.05, 3.63) is 34.4 Å². The number of benzene rings is 1. The molecular formula is C13H16F2O. The molecule has 0 fully saturated rings. The number of rotatable bonds is 3. The Labute approximate surface area is 94.5 Å². The van der Waals surface area contributed by atoms with Gasteiger partial charge in [-0.15, -0.1) is 0 Å². The van der Waals surface area contributed by atoms with Crippen LogP contribution in [0.4, 0.5) is 8.78 Å². The summed E-state index contributed by atoms with van der Waals surface area (Å²) in [5.41, 5.74) is 1.04. The third-order valence-electron chi connectivity index (χ3n) is 2.69. The highest BCUT2D eigenvalue weighted by atomic mass is 19.2. The summed E-state index contributed by atoms with van der Waals surface area (Å²) >= 11 is 0. The summed E-state index contributed by atoms with van der Waals surface area (Å²) in [4.78, 5) is 11.9. The van der Waals surface area contributed by atoms with Gasteiger partial charge in [0.15, 0.2) is 17.4 Å². The highest BCUT2D eigenvalue weighted by molar-refractivity contribution is 6.00. The van der Waals surface area contributed by atoms with Gasteiger partial charge < -0.3 is 0 Å². The molecule has 0 aliphatic carbocycles. The molecule has 0 aliphatic heterocycles. The summed E-state index contributed by atoms with van der Waals surface area (Å²) in [7, 11) is 0. The van der Waals surface area contributed by atoms with Crippen LogP contribution in [-0.4, -0.2) is 5.78 Å². The van der Waals surface area contributed by atoms with Crippen molar-refractivity contribution < 1.29 is 13.6 Å². The maximum absolute atomic E-state index is 13.4. The molecule has 0 amide bonds. The van der Waals surface area contributed by atoms with E-state index in [0.717, 1.165) is 6.07 Å². The number of hydrogen-bond acceptors (Lipinski definition) is 1. The molecule has 1 nitrogen and oxygen atoms in total.